The highest BCUT2D eigenvalue weighted by atomic mass is 35.5. The number of nitrogens with zero attached hydrogens (tertiary/aromatic N) is 2. The van der Waals surface area contributed by atoms with Crippen molar-refractivity contribution in [3.05, 3.63) is 16.3 Å². The molecule has 0 saturated heterocycles. The maximum Gasteiger partial charge on any atom is 0.155 e. The number of rotatable bonds is 5. The first-order valence-electron chi connectivity index (χ1n) is 5.82. The maximum atomic E-state index is 9.31. The lowest BCUT2D eigenvalue weighted by Gasteiger charge is -2.20. The summed E-state index contributed by atoms with van der Waals surface area (Å²) in [5.74, 6) is 1.22. The molecule has 96 valence electrons. The predicted octanol–water partition coefficient (Wildman–Crippen LogP) is 2.57. The number of aliphatic hydroxyl groups is 1. The molecule has 0 aromatic carbocycles. The Morgan fingerprint density at radius 1 is 1.24 bits per heavy atom. The van der Waals surface area contributed by atoms with Crippen molar-refractivity contribution in [1.29, 1.82) is 0 Å². The average molecular weight is 258 g/mol. The van der Waals surface area contributed by atoms with Gasteiger partial charge in [0.15, 0.2) is 11.0 Å². The van der Waals surface area contributed by atoms with E-state index in [1.165, 1.54) is 0 Å². The van der Waals surface area contributed by atoms with Crippen molar-refractivity contribution in [2.24, 2.45) is 5.92 Å². The van der Waals surface area contributed by atoms with Crippen LogP contribution in [0, 0.1) is 19.8 Å². The number of aromatic nitrogens is 2. The fourth-order valence-corrected chi connectivity index (χ4v) is 1.83. The van der Waals surface area contributed by atoms with Gasteiger partial charge in [0.2, 0.25) is 0 Å². The highest BCUT2D eigenvalue weighted by molar-refractivity contribution is 6.30. The quantitative estimate of drug-likeness (QED) is 0.851. The number of anilines is 1. The zero-order valence-electron chi connectivity index (χ0n) is 10.8. The number of nitrogens with one attached hydrogen (secondary N) is 1. The molecule has 2 N–H and O–H groups in total. The lowest BCUT2D eigenvalue weighted by molar-refractivity contribution is 0.259. The van der Waals surface area contributed by atoms with E-state index in [9.17, 15) is 5.11 Å². The summed E-state index contributed by atoms with van der Waals surface area (Å²) in [6.07, 6.45) is 0.888. The molecule has 0 aliphatic rings. The molecule has 1 rings (SSSR count). The Morgan fingerprint density at radius 2 is 1.88 bits per heavy atom. The van der Waals surface area contributed by atoms with Gasteiger partial charge >= 0.3 is 0 Å². The second-order valence-corrected chi connectivity index (χ2v) is 5.10. The van der Waals surface area contributed by atoms with Gasteiger partial charge in [-0.15, -0.1) is 10.2 Å². The van der Waals surface area contributed by atoms with Gasteiger partial charge in [0.05, 0.1) is 12.6 Å². The molecule has 5 heteroatoms. The predicted molar refractivity (Wildman–Crippen MR) is 70.5 cm³/mol. The molecule has 1 heterocycles. The minimum absolute atomic E-state index is 0.00331. The first kappa shape index (κ1) is 14.2. The summed E-state index contributed by atoms with van der Waals surface area (Å²) in [6.45, 7) is 8.18. The van der Waals surface area contributed by atoms with Crippen molar-refractivity contribution >= 4 is 17.4 Å². The normalized spacial score (nSPS) is 12.9. The smallest absolute Gasteiger partial charge is 0.155 e. The van der Waals surface area contributed by atoms with Crippen LogP contribution < -0.4 is 5.32 Å². The summed E-state index contributed by atoms with van der Waals surface area (Å²) >= 11 is 5.89. The van der Waals surface area contributed by atoms with Crippen LogP contribution in [0.5, 0.6) is 0 Å². The van der Waals surface area contributed by atoms with Crippen LogP contribution in [0.4, 0.5) is 5.82 Å². The van der Waals surface area contributed by atoms with Crippen LogP contribution in [0.15, 0.2) is 0 Å². The molecule has 0 amide bonds. The fourth-order valence-electron chi connectivity index (χ4n) is 1.65. The van der Waals surface area contributed by atoms with E-state index >= 15 is 0 Å². The van der Waals surface area contributed by atoms with Crippen LogP contribution in [0.3, 0.4) is 0 Å². The minimum Gasteiger partial charge on any atom is -0.394 e. The molecule has 1 atom stereocenters. The van der Waals surface area contributed by atoms with E-state index in [1.54, 1.807) is 0 Å². The van der Waals surface area contributed by atoms with Gasteiger partial charge < -0.3 is 10.4 Å². The summed E-state index contributed by atoms with van der Waals surface area (Å²) in [6, 6.07) is 0.00331. The summed E-state index contributed by atoms with van der Waals surface area (Å²) in [7, 11) is 0. The largest absolute Gasteiger partial charge is 0.394 e. The van der Waals surface area contributed by atoms with Crippen LogP contribution >= 0.6 is 11.6 Å². The Balaban J connectivity index is 2.83. The van der Waals surface area contributed by atoms with E-state index in [0.29, 0.717) is 16.9 Å². The molecular formula is C12H20ClN3O. The fraction of sp³-hybridized carbons (Fsp3) is 0.667. The van der Waals surface area contributed by atoms with Crippen LogP contribution in [-0.2, 0) is 0 Å². The molecule has 0 bridgehead atoms. The standard InChI is InChI=1S/C12H20ClN3O/c1-7(2)5-10(6-17)14-12-9(4)8(3)11(13)15-16-12/h7,10,17H,5-6H2,1-4H3,(H,14,16). The van der Waals surface area contributed by atoms with E-state index in [4.69, 9.17) is 11.6 Å². The molecule has 1 unspecified atom stereocenters. The number of halogens is 1. The molecule has 17 heavy (non-hydrogen) atoms. The number of hydrogen-bond acceptors (Lipinski definition) is 4. The van der Waals surface area contributed by atoms with Crippen molar-refractivity contribution in [3.63, 3.8) is 0 Å². The third kappa shape index (κ3) is 3.82. The molecule has 0 aliphatic carbocycles. The van der Waals surface area contributed by atoms with Crippen molar-refractivity contribution in [1.82, 2.24) is 10.2 Å². The summed E-state index contributed by atoms with van der Waals surface area (Å²) in [4.78, 5) is 0. The third-order valence-electron chi connectivity index (χ3n) is 2.78. The lowest BCUT2D eigenvalue weighted by Crippen LogP contribution is -2.26. The first-order chi connectivity index (χ1) is 7.95. The highest BCUT2D eigenvalue weighted by Gasteiger charge is 2.14. The Morgan fingerprint density at radius 3 is 2.41 bits per heavy atom. The van der Waals surface area contributed by atoms with Gasteiger partial charge in [0.25, 0.3) is 0 Å². The van der Waals surface area contributed by atoms with Gasteiger partial charge in [-0.25, -0.2) is 0 Å². The Labute approximate surface area is 107 Å². The van der Waals surface area contributed by atoms with Crippen molar-refractivity contribution < 1.29 is 5.11 Å². The van der Waals surface area contributed by atoms with Crippen molar-refractivity contribution in [2.75, 3.05) is 11.9 Å². The van der Waals surface area contributed by atoms with Crippen molar-refractivity contribution in [3.8, 4) is 0 Å². The van der Waals surface area contributed by atoms with Gasteiger partial charge in [-0.2, -0.15) is 0 Å². The Kier molecular flexibility index (Phi) is 5.15. The molecular weight excluding hydrogens is 238 g/mol. The first-order valence-corrected chi connectivity index (χ1v) is 6.20. The second kappa shape index (κ2) is 6.17. The van der Waals surface area contributed by atoms with E-state index in [-0.39, 0.29) is 12.6 Å². The SMILES string of the molecule is Cc1c(Cl)nnc(NC(CO)CC(C)C)c1C. The van der Waals surface area contributed by atoms with Gasteiger partial charge in [-0.3, -0.25) is 0 Å². The van der Waals surface area contributed by atoms with Gasteiger partial charge in [0, 0.05) is 0 Å². The molecule has 0 radical (unpaired) electrons. The molecule has 0 spiro atoms. The molecule has 0 fully saturated rings. The molecule has 0 aliphatic heterocycles. The lowest BCUT2D eigenvalue weighted by atomic mass is 10.0. The van der Waals surface area contributed by atoms with E-state index in [1.807, 2.05) is 13.8 Å². The monoisotopic (exact) mass is 257 g/mol. The third-order valence-corrected chi connectivity index (χ3v) is 3.14. The van der Waals surface area contributed by atoms with Gasteiger partial charge in [-0.1, -0.05) is 25.4 Å². The van der Waals surface area contributed by atoms with E-state index in [0.717, 1.165) is 17.5 Å². The molecule has 0 saturated carbocycles. The average Bonchev–Trinajstić information content (AvgIpc) is 2.28. The molecule has 1 aromatic heterocycles. The van der Waals surface area contributed by atoms with Crippen LogP contribution in [0.2, 0.25) is 5.15 Å². The summed E-state index contributed by atoms with van der Waals surface area (Å²) in [5, 5.41) is 20.9. The van der Waals surface area contributed by atoms with Gasteiger partial charge in [-0.05, 0) is 37.3 Å². The summed E-state index contributed by atoms with van der Waals surface area (Å²) < 4.78 is 0. The van der Waals surface area contributed by atoms with E-state index < -0.39 is 0 Å². The van der Waals surface area contributed by atoms with Crippen LogP contribution in [-0.4, -0.2) is 28.0 Å². The molecule has 4 nitrogen and oxygen atoms in total. The number of aliphatic hydroxyl groups excluding tert-OH is 1. The maximum absolute atomic E-state index is 9.31. The second-order valence-electron chi connectivity index (χ2n) is 4.74. The highest BCUT2D eigenvalue weighted by Crippen LogP contribution is 2.21. The minimum atomic E-state index is 0.00331. The Hall–Kier alpha value is -0.870. The zero-order chi connectivity index (χ0) is 13.0. The number of hydrogen-bond donors (Lipinski definition) is 2. The summed E-state index contributed by atoms with van der Waals surface area (Å²) in [5.41, 5.74) is 1.90. The molecule has 1 aromatic rings. The zero-order valence-corrected chi connectivity index (χ0v) is 11.5. The topological polar surface area (TPSA) is 58.0 Å². The van der Waals surface area contributed by atoms with Crippen LogP contribution in [0.1, 0.15) is 31.4 Å². The van der Waals surface area contributed by atoms with Crippen molar-refractivity contribution in [2.45, 2.75) is 40.2 Å². The Bertz CT molecular complexity index is 382. The van der Waals surface area contributed by atoms with Gasteiger partial charge in [0.1, 0.15) is 0 Å². The van der Waals surface area contributed by atoms with Crippen LogP contribution in [0.25, 0.3) is 0 Å². The van der Waals surface area contributed by atoms with E-state index in [2.05, 4.69) is 29.4 Å².